The van der Waals surface area contributed by atoms with E-state index in [4.69, 9.17) is 15.6 Å². The Labute approximate surface area is 42.7 Å². The van der Waals surface area contributed by atoms with Crippen LogP contribution in [-0.2, 0) is 0 Å². The van der Waals surface area contributed by atoms with Gasteiger partial charge in [0.15, 0.2) is 0 Å². The van der Waals surface area contributed by atoms with Gasteiger partial charge in [0.25, 0.3) is 0 Å². The first-order chi connectivity index (χ1) is 2.91. The van der Waals surface area contributed by atoms with E-state index in [1.54, 1.807) is 7.17 Å². The zero-order valence-corrected chi connectivity index (χ0v) is 3.85. The molecule has 0 aromatic rings. The van der Waals surface area contributed by atoms with Crippen molar-refractivity contribution >= 4 is 22.8 Å². The molecule has 0 nitrogen and oxygen atoms in total. The normalized spacial score (nSPS) is 8.00. The second-order valence-corrected chi connectivity index (χ2v) is 1.17. The Morgan fingerprint density at radius 2 is 2.17 bits per heavy atom. The van der Waals surface area contributed by atoms with E-state index in [2.05, 4.69) is 0 Å². The second-order valence-electron chi connectivity index (χ2n) is 1.17. The summed E-state index contributed by atoms with van der Waals surface area (Å²) in [6.07, 6.45) is 2.70. The minimum atomic E-state index is 0.744. The lowest BCUT2D eigenvalue weighted by Crippen LogP contribution is -1.85. The van der Waals surface area contributed by atoms with Crippen LogP contribution in [0.4, 0.5) is 0 Å². The molecule has 0 fully saturated rings. The van der Waals surface area contributed by atoms with E-state index in [0.717, 1.165) is 19.1 Å². The molecular formula is C3H6B3. The quantitative estimate of drug-likeness (QED) is 0.331. The van der Waals surface area contributed by atoms with Gasteiger partial charge < -0.3 is 0 Å². The van der Waals surface area contributed by atoms with E-state index in [-0.39, 0.29) is 0 Å². The minimum absolute atomic E-state index is 0.744. The Morgan fingerprint density at radius 1 is 1.50 bits per heavy atom. The summed E-state index contributed by atoms with van der Waals surface area (Å²) in [5.41, 5.74) is 0. The molecule has 5 radical (unpaired) electrons. The van der Waals surface area contributed by atoms with Crippen molar-refractivity contribution in [1.82, 2.24) is 0 Å². The molecule has 0 spiro atoms. The van der Waals surface area contributed by atoms with Gasteiger partial charge >= 0.3 is 0 Å². The van der Waals surface area contributed by atoms with Gasteiger partial charge in [-0.2, -0.15) is 0 Å². The molecule has 0 rings (SSSR count). The van der Waals surface area contributed by atoms with Gasteiger partial charge in [0.2, 0.25) is 0 Å². The molecule has 0 aliphatic rings. The molecule has 0 saturated carbocycles. The van der Waals surface area contributed by atoms with Gasteiger partial charge in [-0.05, 0) is 0 Å². The highest BCUT2D eigenvalue weighted by atomic mass is 13.6. The third-order valence-corrected chi connectivity index (χ3v) is 0.575. The largest absolute Gasteiger partial charge is 0.0902 e. The Morgan fingerprint density at radius 3 is 2.33 bits per heavy atom. The van der Waals surface area contributed by atoms with Crippen molar-refractivity contribution in [2.75, 3.05) is 0 Å². The Hall–Kier alpha value is 0.195. The highest BCUT2D eigenvalue weighted by Crippen LogP contribution is 1.87. The molecule has 0 aliphatic heterocycles. The lowest BCUT2D eigenvalue weighted by Gasteiger charge is -1.85. The average Bonchev–Trinajstić information content (AvgIpc) is 1.61. The number of hydrogen-bond donors (Lipinski definition) is 0. The number of rotatable bonds is 3. The predicted molar refractivity (Wildman–Crippen MR) is 31.5 cm³/mol. The van der Waals surface area contributed by atoms with Crippen molar-refractivity contribution in [2.24, 2.45) is 0 Å². The molecule has 0 saturated heterocycles. The van der Waals surface area contributed by atoms with Gasteiger partial charge in [-0.1, -0.05) is 19.1 Å². The molecule has 0 aromatic heterocycles. The molecular weight excluding hydrogens is 68.5 g/mol. The predicted octanol–water partition coefficient (Wildman–Crippen LogP) is 0.169. The van der Waals surface area contributed by atoms with Gasteiger partial charge in [0.1, 0.15) is 0 Å². The molecule has 0 atom stereocenters. The first-order valence-electron chi connectivity index (χ1n) is 2.15. The van der Waals surface area contributed by atoms with Gasteiger partial charge in [-0.15, -0.1) is 0 Å². The third-order valence-electron chi connectivity index (χ3n) is 0.575. The molecule has 0 bridgehead atoms. The van der Waals surface area contributed by atoms with Crippen molar-refractivity contribution in [3.8, 4) is 0 Å². The zero-order valence-electron chi connectivity index (χ0n) is 3.85. The van der Waals surface area contributed by atoms with Crippen LogP contribution in [-0.4, -0.2) is 22.8 Å². The van der Waals surface area contributed by atoms with Crippen LogP contribution in [0.2, 0.25) is 12.6 Å². The first kappa shape index (κ1) is 6.19. The lowest BCUT2D eigenvalue weighted by atomic mass is 9.53. The first-order valence-corrected chi connectivity index (χ1v) is 2.15. The molecule has 0 N–H and O–H groups in total. The van der Waals surface area contributed by atoms with Crippen molar-refractivity contribution in [3.63, 3.8) is 0 Å². The Kier molecular flexibility index (Phi) is 5.36. The van der Waals surface area contributed by atoms with Crippen molar-refractivity contribution in [1.29, 1.82) is 0 Å². The maximum atomic E-state index is 5.14. The minimum Gasteiger partial charge on any atom is -0.0902 e. The van der Waals surface area contributed by atoms with E-state index >= 15 is 0 Å². The summed E-state index contributed by atoms with van der Waals surface area (Å²) in [5.74, 6) is 0. The second kappa shape index (κ2) is 5.19. The summed E-state index contributed by atoms with van der Waals surface area (Å²) < 4.78 is 0. The fraction of sp³-hybridized carbons (Fsp3) is 1.00. The number of hydrogen-bond acceptors (Lipinski definition) is 0. The highest BCUT2D eigenvalue weighted by Gasteiger charge is 1.76. The summed E-state index contributed by atoms with van der Waals surface area (Å²) in [6.45, 7) is 0. The summed E-state index contributed by atoms with van der Waals surface area (Å²) >= 11 is 0. The molecule has 0 aliphatic carbocycles. The van der Waals surface area contributed by atoms with E-state index in [9.17, 15) is 0 Å². The van der Waals surface area contributed by atoms with E-state index < -0.39 is 0 Å². The van der Waals surface area contributed by atoms with Crippen LogP contribution in [0.25, 0.3) is 0 Å². The molecule has 27 valence electrons. The molecule has 3 heteroatoms. The van der Waals surface area contributed by atoms with Crippen LogP contribution >= 0.6 is 0 Å². The summed E-state index contributed by atoms with van der Waals surface area (Å²) in [6, 6.07) is 0. The fourth-order valence-corrected chi connectivity index (χ4v) is 0.236. The summed E-state index contributed by atoms with van der Waals surface area (Å²) in [5, 5.41) is 0. The maximum Gasteiger partial charge on any atom is 0.0652 e. The topological polar surface area (TPSA) is 0 Å². The van der Waals surface area contributed by atoms with E-state index in [1.807, 2.05) is 0 Å². The summed E-state index contributed by atoms with van der Waals surface area (Å²) in [4.78, 5) is 0. The molecule has 0 heterocycles. The van der Waals surface area contributed by atoms with Gasteiger partial charge in [-0.3, -0.25) is 0 Å². The molecule has 6 heavy (non-hydrogen) atoms. The molecule has 0 amide bonds. The smallest absolute Gasteiger partial charge is 0.0652 e. The lowest BCUT2D eigenvalue weighted by molar-refractivity contribution is 1.07. The zero-order chi connectivity index (χ0) is 4.83. The van der Waals surface area contributed by atoms with Crippen molar-refractivity contribution < 1.29 is 0 Å². The van der Waals surface area contributed by atoms with E-state index in [1.165, 1.54) is 0 Å². The van der Waals surface area contributed by atoms with Gasteiger partial charge in [0, 0.05) is 7.74 Å². The molecule has 0 unspecified atom stereocenters. The van der Waals surface area contributed by atoms with Crippen molar-refractivity contribution in [2.45, 2.75) is 19.1 Å². The monoisotopic (exact) mass is 75.1 g/mol. The van der Waals surface area contributed by atoms with Gasteiger partial charge in [-0.25, -0.2) is 0 Å². The molecule has 0 aromatic carbocycles. The van der Waals surface area contributed by atoms with Crippen LogP contribution in [0.3, 0.4) is 0 Å². The van der Waals surface area contributed by atoms with Crippen LogP contribution in [0.1, 0.15) is 6.42 Å². The SMILES string of the molecule is [B][B]CCC[B]. The Balaban J connectivity index is 2.34. The van der Waals surface area contributed by atoms with Crippen LogP contribution in [0, 0.1) is 0 Å². The van der Waals surface area contributed by atoms with Crippen molar-refractivity contribution in [3.05, 3.63) is 0 Å². The van der Waals surface area contributed by atoms with Crippen LogP contribution in [0.5, 0.6) is 0 Å². The van der Waals surface area contributed by atoms with Crippen LogP contribution < -0.4 is 0 Å². The highest BCUT2D eigenvalue weighted by molar-refractivity contribution is 6.89. The summed E-state index contributed by atoms with van der Waals surface area (Å²) in [7, 11) is 11.8. The van der Waals surface area contributed by atoms with Crippen LogP contribution in [0.15, 0.2) is 0 Å². The average molecular weight is 74.5 g/mol. The van der Waals surface area contributed by atoms with E-state index in [0.29, 0.717) is 0 Å². The Bertz CT molecular complexity index is 18.0. The maximum absolute atomic E-state index is 5.14. The third kappa shape index (κ3) is 4.19. The van der Waals surface area contributed by atoms with Gasteiger partial charge in [0.05, 0.1) is 15.0 Å². The standard InChI is InChI=1S/C3H6B3/c4-2-1-3-6-5/h1-3H2. The fourth-order valence-electron chi connectivity index (χ4n) is 0.236.